The van der Waals surface area contributed by atoms with Crippen LogP contribution >= 0.6 is 11.3 Å². The zero-order chi connectivity index (χ0) is 12.3. The van der Waals surface area contributed by atoms with Gasteiger partial charge in [-0.3, -0.25) is 0 Å². The van der Waals surface area contributed by atoms with E-state index in [0.29, 0.717) is 17.9 Å². The number of hydrogen-bond acceptors (Lipinski definition) is 5. The van der Waals surface area contributed by atoms with Crippen LogP contribution < -0.4 is 0 Å². The van der Waals surface area contributed by atoms with Crippen molar-refractivity contribution in [3.63, 3.8) is 0 Å². The van der Waals surface area contributed by atoms with Gasteiger partial charge in [0.15, 0.2) is 5.69 Å². The van der Waals surface area contributed by atoms with Crippen molar-refractivity contribution < 1.29 is 9.53 Å². The minimum atomic E-state index is -0.429. The number of carbonyl (C=O) groups is 1. The number of nitrogens with zero attached hydrogens (tertiary/aromatic N) is 2. The summed E-state index contributed by atoms with van der Waals surface area (Å²) in [6.07, 6.45) is 0.705. The monoisotopic (exact) mass is 248 g/mol. The first-order valence-corrected chi connectivity index (χ1v) is 6.07. The van der Waals surface area contributed by atoms with Crippen LogP contribution in [0.2, 0.25) is 0 Å². The molecular formula is C12H12N2O2S. The highest BCUT2D eigenvalue weighted by atomic mass is 32.1. The Morgan fingerprint density at radius 3 is 2.94 bits per heavy atom. The SMILES string of the molecule is COC(=O)c1cc(Cc2ccsc2)nc(C)n1. The standard InChI is InChI=1S/C12H12N2O2S/c1-8-13-10(5-9-3-4-17-7-9)6-11(14-8)12(15)16-2/h3-4,6-7H,5H2,1-2H3. The molecule has 0 fully saturated rings. The number of carbonyl (C=O) groups excluding carboxylic acids is 1. The Hall–Kier alpha value is -1.75. The molecule has 4 nitrogen and oxygen atoms in total. The fourth-order valence-corrected chi connectivity index (χ4v) is 2.20. The maximum absolute atomic E-state index is 11.4. The van der Waals surface area contributed by atoms with Crippen molar-refractivity contribution in [1.82, 2.24) is 9.97 Å². The second kappa shape index (κ2) is 5.05. The van der Waals surface area contributed by atoms with E-state index < -0.39 is 5.97 Å². The van der Waals surface area contributed by atoms with E-state index in [4.69, 9.17) is 0 Å². The lowest BCUT2D eigenvalue weighted by Gasteiger charge is -2.03. The minimum Gasteiger partial charge on any atom is -0.464 e. The largest absolute Gasteiger partial charge is 0.464 e. The molecule has 0 unspecified atom stereocenters. The van der Waals surface area contributed by atoms with Crippen LogP contribution in [0.3, 0.4) is 0 Å². The molecular weight excluding hydrogens is 236 g/mol. The molecule has 17 heavy (non-hydrogen) atoms. The van der Waals surface area contributed by atoms with Crippen molar-refractivity contribution in [2.45, 2.75) is 13.3 Å². The molecule has 0 aromatic carbocycles. The number of methoxy groups -OCH3 is 1. The summed E-state index contributed by atoms with van der Waals surface area (Å²) in [4.78, 5) is 19.8. The van der Waals surface area contributed by atoms with Gasteiger partial charge in [0.2, 0.25) is 0 Å². The molecule has 0 aliphatic rings. The molecule has 2 aromatic rings. The first kappa shape index (κ1) is 11.7. The molecule has 0 amide bonds. The van der Waals surface area contributed by atoms with Crippen molar-refractivity contribution in [2.24, 2.45) is 0 Å². The van der Waals surface area contributed by atoms with Gasteiger partial charge in [0.25, 0.3) is 0 Å². The zero-order valence-corrected chi connectivity index (χ0v) is 10.5. The first-order valence-electron chi connectivity index (χ1n) is 5.13. The maximum Gasteiger partial charge on any atom is 0.356 e. The Kier molecular flexibility index (Phi) is 3.49. The average molecular weight is 248 g/mol. The summed E-state index contributed by atoms with van der Waals surface area (Å²) in [6.45, 7) is 1.77. The Morgan fingerprint density at radius 2 is 2.29 bits per heavy atom. The Balaban J connectivity index is 2.28. The summed E-state index contributed by atoms with van der Waals surface area (Å²) < 4.78 is 4.65. The van der Waals surface area contributed by atoms with Gasteiger partial charge in [0.05, 0.1) is 7.11 Å². The normalized spacial score (nSPS) is 10.2. The molecule has 0 saturated heterocycles. The van der Waals surface area contributed by atoms with Crippen molar-refractivity contribution >= 4 is 17.3 Å². The Labute approximate surface area is 103 Å². The Bertz CT molecular complexity index is 523. The van der Waals surface area contributed by atoms with Gasteiger partial charge in [0, 0.05) is 12.1 Å². The van der Waals surface area contributed by atoms with E-state index in [-0.39, 0.29) is 0 Å². The lowest BCUT2D eigenvalue weighted by Crippen LogP contribution is -2.08. The Morgan fingerprint density at radius 1 is 1.47 bits per heavy atom. The van der Waals surface area contributed by atoms with Crippen LogP contribution in [0.5, 0.6) is 0 Å². The van der Waals surface area contributed by atoms with Crippen molar-refractivity contribution in [2.75, 3.05) is 7.11 Å². The summed E-state index contributed by atoms with van der Waals surface area (Å²) in [7, 11) is 1.35. The van der Waals surface area contributed by atoms with Gasteiger partial charge in [0.1, 0.15) is 5.82 Å². The predicted molar refractivity (Wildman–Crippen MR) is 65.2 cm³/mol. The van der Waals surface area contributed by atoms with Gasteiger partial charge in [-0.25, -0.2) is 14.8 Å². The molecule has 0 saturated carbocycles. The molecule has 88 valence electrons. The van der Waals surface area contributed by atoms with E-state index in [9.17, 15) is 4.79 Å². The number of aromatic nitrogens is 2. The second-order valence-corrected chi connectivity index (χ2v) is 4.37. The summed E-state index contributed by atoms with van der Waals surface area (Å²) >= 11 is 1.64. The molecule has 0 bridgehead atoms. The topological polar surface area (TPSA) is 52.1 Å². The number of hydrogen-bond donors (Lipinski definition) is 0. The molecule has 2 heterocycles. The molecule has 0 atom stereocenters. The number of thiophene rings is 1. The predicted octanol–water partition coefficient (Wildman–Crippen LogP) is 2.22. The van der Waals surface area contributed by atoms with E-state index >= 15 is 0 Å². The second-order valence-electron chi connectivity index (χ2n) is 3.59. The zero-order valence-electron chi connectivity index (χ0n) is 9.64. The fraction of sp³-hybridized carbons (Fsp3) is 0.250. The lowest BCUT2D eigenvalue weighted by molar-refractivity contribution is 0.0593. The molecule has 0 aliphatic heterocycles. The van der Waals surface area contributed by atoms with Gasteiger partial charge in [-0.15, -0.1) is 0 Å². The van der Waals surface area contributed by atoms with Crippen LogP contribution in [0.4, 0.5) is 0 Å². The summed E-state index contributed by atoms with van der Waals surface area (Å²) in [5.74, 6) is 0.153. The summed E-state index contributed by atoms with van der Waals surface area (Å²) in [5, 5.41) is 4.08. The average Bonchev–Trinajstić information content (AvgIpc) is 2.80. The molecule has 0 spiro atoms. The van der Waals surface area contributed by atoms with Crippen LogP contribution in [0.25, 0.3) is 0 Å². The van der Waals surface area contributed by atoms with E-state index in [1.807, 2.05) is 11.4 Å². The molecule has 2 aromatic heterocycles. The van der Waals surface area contributed by atoms with Crippen LogP contribution in [0, 0.1) is 6.92 Å². The van der Waals surface area contributed by atoms with Crippen molar-refractivity contribution in [3.05, 3.63) is 45.7 Å². The minimum absolute atomic E-state index is 0.310. The van der Waals surface area contributed by atoms with Gasteiger partial charge in [-0.2, -0.15) is 11.3 Å². The van der Waals surface area contributed by atoms with Crippen LogP contribution in [-0.4, -0.2) is 23.0 Å². The van der Waals surface area contributed by atoms with E-state index in [0.717, 1.165) is 5.69 Å². The fourth-order valence-electron chi connectivity index (χ4n) is 1.53. The quantitative estimate of drug-likeness (QED) is 0.781. The van der Waals surface area contributed by atoms with Gasteiger partial charge in [-0.1, -0.05) is 0 Å². The van der Waals surface area contributed by atoms with Gasteiger partial charge in [-0.05, 0) is 35.4 Å². The third kappa shape index (κ3) is 2.88. The molecule has 0 radical (unpaired) electrons. The number of rotatable bonds is 3. The van der Waals surface area contributed by atoms with Crippen molar-refractivity contribution in [3.8, 4) is 0 Å². The highest BCUT2D eigenvalue weighted by Gasteiger charge is 2.10. The smallest absolute Gasteiger partial charge is 0.356 e. The first-order chi connectivity index (χ1) is 8.19. The van der Waals surface area contributed by atoms with E-state index in [1.165, 1.54) is 12.7 Å². The van der Waals surface area contributed by atoms with Crippen LogP contribution in [-0.2, 0) is 11.2 Å². The number of ether oxygens (including phenoxy) is 1. The third-order valence-electron chi connectivity index (χ3n) is 2.25. The number of esters is 1. The van der Waals surface area contributed by atoms with E-state index in [1.54, 1.807) is 24.3 Å². The van der Waals surface area contributed by atoms with Crippen molar-refractivity contribution in [1.29, 1.82) is 0 Å². The summed E-state index contributed by atoms with van der Waals surface area (Å²) in [6, 6.07) is 3.72. The molecule has 0 aliphatic carbocycles. The molecule has 2 rings (SSSR count). The highest BCUT2D eigenvalue weighted by Crippen LogP contribution is 2.12. The number of aryl methyl sites for hydroxylation is 1. The lowest BCUT2D eigenvalue weighted by atomic mass is 10.1. The van der Waals surface area contributed by atoms with Gasteiger partial charge >= 0.3 is 5.97 Å². The van der Waals surface area contributed by atoms with Gasteiger partial charge < -0.3 is 4.74 Å². The highest BCUT2D eigenvalue weighted by molar-refractivity contribution is 7.07. The van der Waals surface area contributed by atoms with Crippen LogP contribution in [0.1, 0.15) is 27.6 Å². The van der Waals surface area contributed by atoms with Crippen LogP contribution in [0.15, 0.2) is 22.9 Å². The van der Waals surface area contributed by atoms with E-state index in [2.05, 4.69) is 20.1 Å². The summed E-state index contributed by atoms with van der Waals surface area (Å²) in [5.41, 5.74) is 2.32. The third-order valence-corrected chi connectivity index (χ3v) is 2.98. The maximum atomic E-state index is 11.4. The molecule has 0 N–H and O–H groups in total. The molecule has 5 heteroatoms.